The van der Waals surface area contributed by atoms with Crippen molar-refractivity contribution in [3.8, 4) is 0 Å². The molecule has 0 radical (unpaired) electrons. The molecule has 106 valence electrons. The lowest BCUT2D eigenvalue weighted by Gasteiger charge is -2.48. The fourth-order valence-corrected chi connectivity index (χ4v) is 3.57. The molecule has 0 amide bonds. The molecule has 0 saturated heterocycles. The van der Waals surface area contributed by atoms with E-state index in [4.69, 9.17) is 0 Å². The Morgan fingerprint density at radius 2 is 2.05 bits per heavy atom. The van der Waals surface area contributed by atoms with Crippen molar-refractivity contribution in [2.24, 2.45) is 0 Å². The Bertz CT molecular complexity index is 555. The summed E-state index contributed by atoms with van der Waals surface area (Å²) in [7, 11) is 2.06. The molecule has 1 atom stereocenters. The van der Waals surface area contributed by atoms with Crippen molar-refractivity contribution < 1.29 is 0 Å². The van der Waals surface area contributed by atoms with Gasteiger partial charge in [0.25, 0.3) is 0 Å². The second-order valence-electron chi connectivity index (χ2n) is 5.67. The SMILES string of the molecule is CCn1ccnc1C(NC)C1(c2ccccc2)CCC1. The van der Waals surface area contributed by atoms with Gasteiger partial charge in [-0.05, 0) is 32.4 Å². The van der Waals surface area contributed by atoms with Crippen molar-refractivity contribution in [1.82, 2.24) is 14.9 Å². The number of likely N-dealkylation sites (N-methyl/N-ethyl adjacent to an activating group) is 1. The van der Waals surface area contributed by atoms with Crippen LogP contribution in [-0.2, 0) is 12.0 Å². The Labute approximate surface area is 121 Å². The van der Waals surface area contributed by atoms with Crippen LogP contribution in [0.1, 0.15) is 43.6 Å². The number of hydrogen-bond donors (Lipinski definition) is 1. The molecule has 1 aliphatic carbocycles. The average Bonchev–Trinajstić information content (AvgIpc) is 2.91. The smallest absolute Gasteiger partial charge is 0.126 e. The van der Waals surface area contributed by atoms with E-state index in [-0.39, 0.29) is 11.5 Å². The molecule has 3 nitrogen and oxygen atoms in total. The minimum absolute atomic E-state index is 0.203. The van der Waals surface area contributed by atoms with Crippen LogP contribution in [0.3, 0.4) is 0 Å². The molecular formula is C17H23N3. The van der Waals surface area contributed by atoms with Gasteiger partial charge in [-0.2, -0.15) is 0 Å². The third-order valence-electron chi connectivity index (χ3n) is 4.78. The molecule has 1 aromatic heterocycles. The van der Waals surface area contributed by atoms with E-state index >= 15 is 0 Å². The lowest BCUT2D eigenvalue weighted by atomic mass is 9.60. The summed E-state index contributed by atoms with van der Waals surface area (Å²) in [5.41, 5.74) is 1.64. The van der Waals surface area contributed by atoms with Crippen LogP contribution in [0.15, 0.2) is 42.7 Å². The van der Waals surface area contributed by atoms with E-state index in [1.807, 2.05) is 6.20 Å². The molecular weight excluding hydrogens is 246 g/mol. The van der Waals surface area contributed by atoms with Gasteiger partial charge in [-0.25, -0.2) is 4.98 Å². The second kappa shape index (κ2) is 5.41. The maximum absolute atomic E-state index is 4.63. The Balaban J connectivity index is 2.03. The molecule has 1 N–H and O–H groups in total. The van der Waals surface area contributed by atoms with Crippen LogP contribution in [0.25, 0.3) is 0 Å². The summed E-state index contributed by atoms with van der Waals surface area (Å²) in [5.74, 6) is 1.17. The molecule has 3 rings (SSSR count). The normalized spacial score (nSPS) is 18.5. The second-order valence-corrected chi connectivity index (χ2v) is 5.67. The first kappa shape index (κ1) is 13.4. The van der Waals surface area contributed by atoms with E-state index in [1.165, 1.54) is 30.7 Å². The Morgan fingerprint density at radius 3 is 2.60 bits per heavy atom. The summed E-state index contributed by atoms with van der Waals surface area (Å²) >= 11 is 0. The van der Waals surface area contributed by atoms with Gasteiger partial charge in [0, 0.05) is 24.4 Å². The number of aryl methyl sites for hydroxylation is 1. The third kappa shape index (κ3) is 1.97. The molecule has 0 spiro atoms. The van der Waals surface area contributed by atoms with Crippen molar-refractivity contribution in [3.63, 3.8) is 0 Å². The highest BCUT2D eigenvalue weighted by Crippen LogP contribution is 2.51. The van der Waals surface area contributed by atoms with Crippen LogP contribution in [0.5, 0.6) is 0 Å². The number of nitrogens with zero attached hydrogens (tertiary/aromatic N) is 2. The van der Waals surface area contributed by atoms with Gasteiger partial charge in [0.15, 0.2) is 0 Å². The molecule has 1 aromatic carbocycles. The van der Waals surface area contributed by atoms with Crippen LogP contribution in [0, 0.1) is 0 Å². The topological polar surface area (TPSA) is 29.9 Å². The van der Waals surface area contributed by atoms with Gasteiger partial charge in [0.05, 0.1) is 6.04 Å². The molecule has 0 bridgehead atoms. The predicted octanol–water partition coefficient (Wildman–Crippen LogP) is 3.29. The van der Waals surface area contributed by atoms with Crippen LogP contribution < -0.4 is 5.32 Å². The number of hydrogen-bond acceptors (Lipinski definition) is 2. The maximum atomic E-state index is 4.63. The highest BCUT2D eigenvalue weighted by Gasteiger charge is 2.46. The van der Waals surface area contributed by atoms with E-state index in [2.05, 4.69) is 65.4 Å². The molecule has 20 heavy (non-hydrogen) atoms. The van der Waals surface area contributed by atoms with Crippen molar-refractivity contribution in [2.75, 3.05) is 7.05 Å². The first-order valence-corrected chi connectivity index (χ1v) is 7.55. The molecule has 0 aliphatic heterocycles. The van der Waals surface area contributed by atoms with Crippen LogP contribution in [-0.4, -0.2) is 16.6 Å². The van der Waals surface area contributed by atoms with Gasteiger partial charge < -0.3 is 9.88 Å². The Morgan fingerprint density at radius 1 is 1.30 bits per heavy atom. The minimum Gasteiger partial charge on any atom is -0.334 e. The Hall–Kier alpha value is -1.61. The number of nitrogens with one attached hydrogen (secondary N) is 1. The fourth-order valence-electron chi connectivity index (χ4n) is 3.57. The first-order chi connectivity index (χ1) is 9.81. The number of aromatic nitrogens is 2. The van der Waals surface area contributed by atoms with E-state index in [0.717, 1.165) is 6.54 Å². The summed E-state index contributed by atoms with van der Waals surface area (Å²) in [6.07, 6.45) is 7.77. The van der Waals surface area contributed by atoms with Crippen molar-refractivity contribution in [2.45, 2.75) is 44.2 Å². The van der Waals surface area contributed by atoms with Gasteiger partial charge >= 0.3 is 0 Å². The van der Waals surface area contributed by atoms with E-state index in [0.29, 0.717) is 0 Å². The first-order valence-electron chi connectivity index (χ1n) is 7.55. The standard InChI is InChI=1S/C17H23N3/c1-3-20-13-12-19-16(20)15(18-2)17(10-7-11-17)14-8-5-4-6-9-14/h4-6,8-9,12-13,15,18H,3,7,10-11H2,1-2H3. The number of benzene rings is 1. The predicted molar refractivity (Wildman–Crippen MR) is 81.7 cm³/mol. The third-order valence-corrected chi connectivity index (χ3v) is 4.78. The molecule has 2 aromatic rings. The monoisotopic (exact) mass is 269 g/mol. The summed E-state index contributed by atoms with van der Waals surface area (Å²) < 4.78 is 2.25. The maximum Gasteiger partial charge on any atom is 0.126 e. The fraction of sp³-hybridized carbons (Fsp3) is 0.471. The molecule has 1 saturated carbocycles. The Kier molecular flexibility index (Phi) is 3.62. The lowest BCUT2D eigenvalue weighted by Crippen LogP contribution is -2.46. The zero-order chi connectivity index (χ0) is 14.0. The molecule has 1 heterocycles. The van der Waals surface area contributed by atoms with Gasteiger partial charge in [0.2, 0.25) is 0 Å². The summed E-state index contributed by atoms with van der Waals surface area (Å²) in [5, 5.41) is 3.54. The minimum atomic E-state index is 0.203. The zero-order valence-electron chi connectivity index (χ0n) is 12.3. The quantitative estimate of drug-likeness (QED) is 0.902. The lowest BCUT2D eigenvalue weighted by molar-refractivity contribution is 0.167. The van der Waals surface area contributed by atoms with Crippen molar-refractivity contribution >= 4 is 0 Å². The van der Waals surface area contributed by atoms with E-state index in [9.17, 15) is 0 Å². The number of imidazole rings is 1. The molecule has 3 heteroatoms. The van der Waals surface area contributed by atoms with Crippen LogP contribution >= 0.6 is 0 Å². The van der Waals surface area contributed by atoms with Gasteiger partial charge in [-0.3, -0.25) is 0 Å². The summed E-state index contributed by atoms with van der Waals surface area (Å²) in [4.78, 5) is 4.63. The average molecular weight is 269 g/mol. The van der Waals surface area contributed by atoms with Gasteiger partial charge in [0.1, 0.15) is 5.82 Å². The summed E-state index contributed by atoms with van der Waals surface area (Å²) in [6.45, 7) is 3.15. The largest absolute Gasteiger partial charge is 0.334 e. The highest BCUT2D eigenvalue weighted by molar-refractivity contribution is 5.32. The van der Waals surface area contributed by atoms with Crippen LogP contribution in [0.4, 0.5) is 0 Å². The van der Waals surface area contributed by atoms with Gasteiger partial charge in [-0.1, -0.05) is 36.8 Å². The molecule has 1 aliphatic rings. The molecule has 1 unspecified atom stereocenters. The van der Waals surface area contributed by atoms with E-state index in [1.54, 1.807) is 0 Å². The van der Waals surface area contributed by atoms with Crippen molar-refractivity contribution in [1.29, 1.82) is 0 Å². The number of rotatable bonds is 5. The summed E-state index contributed by atoms with van der Waals surface area (Å²) in [6, 6.07) is 11.2. The van der Waals surface area contributed by atoms with Crippen LogP contribution in [0.2, 0.25) is 0 Å². The zero-order valence-corrected chi connectivity index (χ0v) is 12.3. The van der Waals surface area contributed by atoms with E-state index < -0.39 is 0 Å². The molecule has 1 fully saturated rings. The van der Waals surface area contributed by atoms with Gasteiger partial charge in [-0.15, -0.1) is 0 Å². The highest BCUT2D eigenvalue weighted by atomic mass is 15.1. The van der Waals surface area contributed by atoms with Crippen molar-refractivity contribution in [3.05, 3.63) is 54.1 Å².